The Morgan fingerprint density at radius 1 is 1.40 bits per heavy atom. The molecule has 3 atom stereocenters. The summed E-state index contributed by atoms with van der Waals surface area (Å²) in [6.07, 6.45) is 1.11. The fourth-order valence-corrected chi connectivity index (χ4v) is 2.01. The Morgan fingerprint density at radius 3 is 2.50 bits per heavy atom. The minimum Gasteiger partial charge on any atom is -0.405 e. The molecule has 0 spiro atoms. The summed E-state index contributed by atoms with van der Waals surface area (Å²) in [5.74, 6) is 0.622. The summed E-state index contributed by atoms with van der Waals surface area (Å²) in [6, 6.07) is 0. The summed E-state index contributed by atoms with van der Waals surface area (Å²) in [4.78, 5) is 0. The topological polar surface area (TPSA) is 18.5 Å². The lowest BCUT2D eigenvalue weighted by Crippen LogP contribution is -2.62. The van der Waals surface area contributed by atoms with Crippen LogP contribution in [-0.2, 0) is 9.31 Å². The molecule has 3 unspecified atom stereocenters. The third-order valence-corrected chi connectivity index (χ3v) is 3.29. The lowest BCUT2D eigenvalue weighted by molar-refractivity contribution is -0.154. The van der Waals surface area contributed by atoms with Gasteiger partial charge < -0.3 is 9.31 Å². The molecule has 0 bridgehead atoms. The maximum atomic E-state index is 5.41. The number of hydrogen-bond donors (Lipinski definition) is 0. The van der Waals surface area contributed by atoms with Gasteiger partial charge in [0.2, 0.25) is 0 Å². The van der Waals surface area contributed by atoms with Gasteiger partial charge in [0.15, 0.2) is 0 Å². The summed E-state index contributed by atoms with van der Waals surface area (Å²) in [5, 5.41) is 0. The fourth-order valence-electron chi connectivity index (χ4n) is 2.01. The smallest absolute Gasteiger partial charge is 0.405 e. The first-order valence-corrected chi connectivity index (χ1v) is 3.76. The fraction of sp³-hybridized carbons (Fsp3) is 1.00. The van der Waals surface area contributed by atoms with Crippen LogP contribution in [-0.4, -0.2) is 18.9 Å². The number of rotatable bonds is 0. The first kappa shape index (κ1) is 6.68. The van der Waals surface area contributed by atoms with Crippen LogP contribution in [0.4, 0.5) is 0 Å². The zero-order chi connectivity index (χ0) is 7.41. The molecular formula is C7H12BO2. The Balaban J connectivity index is 2.27. The van der Waals surface area contributed by atoms with Gasteiger partial charge in [-0.3, -0.25) is 0 Å². The molecule has 1 aliphatic carbocycles. The standard InChI is InChI=1S/C7H12BO2/c1-5-4-6(2)7(5,3)10-8-9-6/h5H,4H2,1-3H3. The maximum Gasteiger partial charge on any atom is 0.489 e. The van der Waals surface area contributed by atoms with Gasteiger partial charge in [0.05, 0.1) is 11.2 Å². The van der Waals surface area contributed by atoms with Crippen LogP contribution >= 0.6 is 0 Å². The van der Waals surface area contributed by atoms with E-state index in [-0.39, 0.29) is 11.2 Å². The second-order valence-corrected chi connectivity index (χ2v) is 3.78. The van der Waals surface area contributed by atoms with E-state index < -0.39 is 0 Å². The Kier molecular flexibility index (Phi) is 1.06. The number of fused-ring (bicyclic) bond motifs is 1. The van der Waals surface area contributed by atoms with Gasteiger partial charge in [-0.25, -0.2) is 0 Å². The molecule has 1 radical (unpaired) electrons. The molecule has 2 rings (SSSR count). The summed E-state index contributed by atoms with van der Waals surface area (Å²) >= 11 is 0. The van der Waals surface area contributed by atoms with E-state index in [1.165, 1.54) is 7.69 Å². The van der Waals surface area contributed by atoms with Gasteiger partial charge in [0.25, 0.3) is 0 Å². The lowest BCUT2D eigenvalue weighted by atomic mass is 9.60. The van der Waals surface area contributed by atoms with Crippen LogP contribution in [0, 0.1) is 5.92 Å². The Labute approximate surface area is 62.2 Å². The molecule has 2 aliphatic rings. The molecule has 1 saturated heterocycles. The van der Waals surface area contributed by atoms with Crippen molar-refractivity contribution in [2.45, 2.75) is 38.4 Å². The van der Waals surface area contributed by atoms with E-state index in [9.17, 15) is 0 Å². The van der Waals surface area contributed by atoms with Crippen molar-refractivity contribution in [1.29, 1.82) is 0 Å². The average molecular weight is 139 g/mol. The highest BCUT2D eigenvalue weighted by atomic mass is 16.7. The van der Waals surface area contributed by atoms with Crippen LogP contribution in [0.1, 0.15) is 27.2 Å². The third-order valence-electron chi connectivity index (χ3n) is 3.29. The van der Waals surface area contributed by atoms with Crippen LogP contribution in [0.25, 0.3) is 0 Å². The highest BCUT2D eigenvalue weighted by molar-refractivity contribution is 6.19. The van der Waals surface area contributed by atoms with Gasteiger partial charge in [-0.1, -0.05) is 6.92 Å². The molecule has 0 aromatic rings. The van der Waals surface area contributed by atoms with E-state index in [0.29, 0.717) is 5.92 Å². The van der Waals surface area contributed by atoms with Gasteiger partial charge in [-0.2, -0.15) is 0 Å². The minimum atomic E-state index is -0.0486. The van der Waals surface area contributed by atoms with Gasteiger partial charge in [-0.15, -0.1) is 0 Å². The van der Waals surface area contributed by atoms with Gasteiger partial charge in [0.1, 0.15) is 0 Å². The van der Waals surface area contributed by atoms with Gasteiger partial charge >= 0.3 is 7.69 Å². The molecule has 55 valence electrons. The third kappa shape index (κ3) is 0.497. The SMILES string of the molecule is CC1CC2(C)O[B]OC12C. The molecule has 2 fully saturated rings. The highest BCUT2D eigenvalue weighted by Gasteiger charge is 2.63. The molecule has 0 aromatic heterocycles. The maximum absolute atomic E-state index is 5.41. The average Bonchev–Trinajstić information content (AvgIpc) is 2.07. The monoisotopic (exact) mass is 139 g/mol. The van der Waals surface area contributed by atoms with Crippen molar-refractivity contribution in [3.05, 3.63) is 0 Å². The Bertz CT molecular complexity index is 173. The van der Waals surface area contributed by atoms with Crippen molar-refractivity contribution in [2.75, 3.05) is 0 Å². The van der Waals surface area contributed by atoms with Crippen LogP contribution in [0.5, 0.6) is 0 Å². The number of hydrogen-bond acceptors (Lipinski definition) is 2. The van der Waals surface area contributed by atoms with Crippen molar-refractivity contribution in [1.82, 2.24) is 0 Å². The Hall–Kier alpha value is -0.0151. The van der Waals surface area contributed by atoms with Gasteiger partial charge in [0, 0.05) is 0 Å². The van der Waals surface area contributed by atoms with E-state index >= 15 is 0 Å². The van der Waals surface area contributed by atoms with Gasteiger partial charge in [-0.05, 0) is 26.2 Å². The summed E-state index contributed by atoms with van der Waals surface area (Å²) in [7, 11) is 1.49. The van der Waals surface area contributed by atoms with Crippen molar-refractivity contribution in [3.63, 3.8) is 0 Å². The van der Waals surface area contributed by atoms with E-state index in [2.05, 4.69) is 20.8 Å². The molecular weight excluding hydrogens is 127 g/mol. The van der Waals surface area contributed by atoms with E-state index in [0.717, 1.165) is 6.42 Å². The van der Waals surface area contributed by atoms with E-state index in [4.69, 9.17) is 9.31 Å². The van der Waals surface area contributed by atoms with E-state index in [1.54, 1.807) is 0 Å². The van der Waals surface area contributed by atoms with Crippen molar-refractivity contribution < 1.29 is 9.31 Å². The molecule has 10 heavy (non-hydrogen) atoms. The van der Waals surface area contributed by atoms with Crippen molar-refractivity contribution in [3.8, 4) is 0 Å². The first-order valence-electron chi connectivity index (χ1n) is 3.76. The zero-order valence-electron chi connectivity index (χ0n) is 6.68. The van der Waals surface area contributed by atoms with Crippen LogP contribution in [0.2, 0.25) is 0 Å². The largest absolute Gasteiger partial charge is 0.489 e. The quantitative estimate of drug-likeness (QED) is 0.468. The van der Waals surface area contributed by atoms with Crippen LogP contribution < -0.4 is 0 Å². The zero-order valence-corrected chi connectivity index (χ0v) is 6.68. The molecule has 0 N–H and O–H groups in total. The second kappa shape index (κ2) is 1.59. The van der Waals surface area contributed by atoms with Crippen LogP contribution in [0.15, 0.2) is 0 Å². The van der Waals surface area contributed by atoms with Crippen molar-refractivity contribution >= 4 is 7.69 Å². The molecule has 0 amide bonds. The molecule has 1 saturated carbocycles. The Morgan fingerprint density at radius 2 is 2.10 bits per heavy atom. The predicted octanol–water partition coefficient (Wildman–Crippen LogP) is 1.12. The van der Waals surface area contributed by atoms with Crippen molar-refractivity contribution in [2.24, 2.45) is 5.92 Å². The molecule has 0 aromatic carbocycles. The highest BCUT2D eigenvalue weighted by Crippen LogP contribution is 2.54. The summed E-state index contributed by atoms with van der Waals surface area (Å²) in [6.45, 7) is 6.42. The second-order valence-electron chi connectivity index (χ2n) is 3.78. The normalized spacial score (nSPS) is 58.9. The first-order chi connectivity index (χ1) is 4.58. The summed E-state index contributed by atoms with van der Waals surface area (Å²) < 4.78 is 10.8. The molecule has 2 nitrogen and oxygen atoms in total. The van der Waals surface area contributed by atoms with E-state index in [1.807, 2.05) is 0 Å². The minimum absolute atomic E-state index is 0.0353. The predicted molar refractivity (Wildman–Crippen MR) is 38.5 cm³/mol. The van der Waals surface area contributed by atoms with Crippen LogP contribution in [0.3, 0.4) is 0 Å². The lowest BCUT2D eigenvalue weighted by Gasteiger charge is -2.54. The summed E-state index contributed by atoms with van der Waals surface area (Å²) in [5.41, 5.74) is -0.0839. The molecule has 1 heterocycles. The molecule has 1 aliphatic heterocycles. The molecule has 3 heteroatoms.